The Balaban J connectivity index is 1.87. The highest BCUT2D eigenvalue weighted by Gasteiger charge is 2.31. The number of methoxy groups -OCH3 is 1. The Hall–Kier alpha value is -1.68. The molecule has 0 N–H and O–H groups in total. The Kier molecular flexibility index (Phi) is 5.12. The maximum Gasteiger partial charge on any atom is 0.145 e. The van der Waals surface area contributed by atoms with Crippen LogP contribution in [0.4, 0.5) is 0 Å². The normalized spacial score (nSPS) is 16.5. The minimum absolute atomic E-state index is 0.135. The third-order valence-corrected chi connectivity index (χ3v) is 6.82. The number of pyridine rings is 1. The lowest BCUT2D eigenvalue weighted by Gasteiger charge is -2.11. The molecule has 132 valence electrons. The van der Waals surface area contributed by atoms with Crippen molar-refractivity contribution < 1.29 is 4.74 Å². The van der Waals surface area contributed by atoms with E-state index in [4.69, 9.17) is 32.9 Å². The van der Waals surface area contributed by atoms with Gasteiger partial charge in [0.25, 0.3) is 0 Å². The number of thioether (sulfide) groups is 1. The summed E-state index contributed by atoms with van der Waals surface area (Å²) in [7, 11) is 1.67. The van der Waals surface area contributed by atoms with Crippen LogP contribution in [0.25, 0.3) is 23.1 Å². The van der Waals surface area contributed by atoms with Crippen LogP contribution < -0.4 is 4.74 Å². The number of halogens is 2. The predicted octanol–water partition coefficient (Wildman–Crippen LogP) is 6.23. The molecule has 2 heterocycles. The van der Waals surface area contributed by atoms with Gasteiger partial charge in [-0.1, -0.05) is 48.5 Å². The number of rotatable bonds is 4. The van der Waals surface area contributed by atoms with Crippen LogP contribution in [0.2, 0.25) is 0 Å². The Labute approximate surface area is 167 Å². The summed E-state index contributed by atoms with van der Waals surface area (Å²) < 4.78 is 5.53. The smallest absolute Gasteiger partial charge is 0.145 e. The number of fused-ring (bicyclic) bond motifs is 3. The number of para-hydroxylation sites is 1. The molecule has 1 aromatic heterocycles. The van der Waals surface area contributed by atoms with Gasteiger partial charge in [-0.3, -0.25) is 0 Å². The monoisotopic (exact) mass is 401 g/mol. The van der Waals surface area contributed by atoms with Gasteiger partial charge >= 0.3 is 0 Å². The standard InChI is InChI=1S/C21H17Cl2NOS/c1-25-17-9-5-8-14-19(17)24-16(11-10-13-6-3-2-4-7-13)15-12-18(21(22)23)26-20(14)15/h2-11,18,21H,12H2,1H3/b11-10+. The maximum atomic E-state index is 6.19. The van der Waals surface area contributed by atoms with Crippen molar-refractivity contribution in [2.45, 2.75) is 21.4 Å². The Morgan fingerprint density at radius 3 is 2.65 bits per heavy atom. The molecule has 5 heteroatoms. The first kappa shape index (κ1) is 17.7. The molecule has 0 saturated heterocycles. The number of nitrogens with zero attached hydrogens (tertiary/aromatic N) is 1. The molecule has 4 rings (SSSR count). The zero-order valence-corrected chi connectivity index (χ0v) is 16.5. The first-order chi connectivity index (χ1) is 12.7. The molecule has 1 aliphatic heterocycles. The highest BCUT2D eigenvalue weighted by Crippen LogP contribution is 2.46. The zero-order valence-electron chi connectivity index (χ0n) is 14.2. The van der Waals surface area contributed by atoms with E-state index in [9.17, 15) is 0 Å². The molecule has 0 saturated carbocycles. The maximum absolute atomic E-state index is 6.19. The van der Waals surface area contributed by atoms with Gasteiger partial charge in [0.2, 0.25) is 0 Å². The minimum Gasteiger partial charge on any atom is -0.494 e. The summed E-state index contributed by atoms with van der Waals surface area (Å²) in [5, 5.41) is 1.23. The van der Waals surface area contributed by atoms with Crippen LogP contribution in [0.5, 0.6) is 5.75 Å². The molecular weight excluding hydrogens is 385 g/mol. The Morgan fingerprint density at radius 2 is 1.92 bits per heavy atom. The van der Waals surface area contributed by atoms with Gasteiger partial charge in [-0.15, -0.1) is 35.0 Å². The Morgan fingerprint density at radius 1 is 1.12 bits per heavy atom. The van der Waals surface area contributed by atoms with Crippen LogP contribution in [-0.2, 0) is 6.42 Å². The van der Waals surface area contributed by atoms with E-state index in [0.717, 1.165) is 34.3 Å². The van der Waals surface area contributed by atoms with Crippen LogP contribution in [-0.4, -0.2) is 22.2 Å². The van der Waals surface area contributed by atoms with Gasteiger partial charge in [0.1, 0.15) is 16.1 Å². The molecule has 1 aliphatic rings. The van der Waals surface area contributed by atoms with E-state index in [1.165, 1.54) is 10.5 Å². The predicted molar refractivity (Wildman–Crippen MR) is 113 cm³/mol. The highest BCUT2D eigenvalue weighted by atomic mass is 35.5. The lowest BCUT2D eigenvalue weighted by molar-refractivity contribution is 0.419. The summed E-state index contributed by atoms with van der Waals surface area (Å²) in [6, 6.07) is 16.2. The first-order valence-electron chi connectivity index (χ1n) is 8.35. The van der Waals surface area contributed by atoms with E-state index in [-0.39, 0.29) is 5.25 Å². The SMILES string of the molecule is COc1cccc2c3c(c(/C=C/c4ccccc4)nc12)CC(C(Cl)Cl)S3. The van der Waals surface area contributed by atoms with Gasteiger partial charge < -0.3 is 4.74 Å². The van der Waals surface area contributed by atoms with Crippen LogP contribution in [0.3, 0.4) is 0 Å². The summed E-state index contributed by atoms with van der Waals surface area (Å²) in [4.78, 5) is 5.70. The van der Waals surface area contributed by atoms with Gasteiger partial charge in [0.15, 0.2) is 0 Å². The van der Waals surface area contributed by atoms with E-state index in [2.05, 4.69) is 30.4 Å². The lowest BCUT2D eigenvalue weighted by Crippen LogP contribution is -2.10. The molecule has 2 nitrogen and oxygen atoms in total. The quantitative estimate of drug-likeness (QED) is 0.483. The van der Waals surface area contributed by atoms with Crippen LogP contribution in [0, 0.1) is 0 Å². The van der Waals surface area contributed by atoms with E-state index in [0.29, 0.717) is 0 Å². The average Bonchev–Trinajstić information content (AvgIpc) is 3.12. The Bertz CT molecular complexity index is 973. The van der Waals surface area contributed by atoms with E-state index < -0.39 is 4.84 Å². The van der Waals surface area contributed by atoms with Crippen molar-refractivity contribution in [3.05, 3.63) is 65.4 Å². The van der Waals surface area contributed by atoms with E-state index in [1.54, 1.807) is 18.9 Å². The fourth-order valence-corrected chi connectivity index (χ4v) is 4.96. The largest absolute Gasteiger partial charge is 0.494 e. The molecule has 0 fully saturated rings. The van der Waals surface area contributed by atoms with Gasteiger partial charge in [-0.25, -0.2) is 4.98 Å². The van der Waals surface area contributed by atoms with Crippen LogP contribution in [0.1, 0.15) is 16.8 Å². The van der Waals surface area contributed by atoms with Gasteiger partial charge in [-0.2, -0.15) is 0 Å². The number of hydrogen-bond acceptors (Lipinski definition) is 3. The summed E-state index contributed by atoms with van der Waals surface area (Å²) >= 11 is 14.1. The molecule has 26 heavy (non-hydrogen) atoms. The lowest BCUT2D eigenvalue weighted by atomic mass is 10.0. The molecular formula is C21H17Cl2NOS. The molecule has 1 atom stereocenters. The van der Waals surface area contributed by atoms with Crippen molar-refractivity contribution in [3.8, 4) is 5.75 Å². The first-order valence-corrected chi connectivity index (χ1v) is 10.1. The van der Waals surface area contributed by atoms with Crippen LogP contribution in [0.15, 0.2) is 53.4 Å². The van der Waals surface area contributed by atoms with Crippen molar-refractivity contribution in [2.75, 3.05) is 7.11 Å². The molecule has 0 radical (unpaired) electrons. The van der Waals surface area contributed by atoms with Crippen molar-refractivity contribution in [3.63, 3.8) is 0 Å². The van der Waals surface area contributed by atoms with Crippen LogP contribution >= 0.6 is 35.0 Å². The second kappa shape index (κ2) is 7.51. The summed E-state index contributed by atoms with van der Waals surface area (Å²) in [6.45, 7) is 0. The second-order valence-electron chi connectivity index (χ2n) is 6.10. The highest BCUT2D eigenvalue weighted by molar-refractivity contribution is 8.00. The number of ether oxygens (including phenoxy) is 1. The fourth-order valence-electron chi connectivity index (χ4n) is 3.20. The zero-order chi connectivity index (χ0) is 18.1. The van der Waals surface area contributed by atoms with E-state index in [1.807, 2.05) is 30.3 Å². The summed E-state index contributed by atoms with van der Waals surface area (Å²) in [5.41, 5.74) is 4.16. The second-order valence-corrected chi connectivity index (χ2v) is 8.51. The van der Waals surface area contributed by atoms with Gasteiger partial charge in [-0.05, 0) is 29.7 Å². The van der Waals surface area contributed by atoms with Crippen molar-refractivity contribution in [2.24, 2.45) is 0 Å². The molecule has 1 unspecified atom stereocenters. The molecule has 0 spiro atoms. The summed E-state index contributed by atoms with van der Waals surface area (Å²) in [5.74, 6) is 0.775. The summed E-state index contributed by atoms with van der Waals surface area (Å²) in [6.07, 6.45) is 4.97. The number of alkyl halides is 2. The molecule has 0 aliphatic carbocycles. The van der Waals surface area contributed by atoms with Crippen molar-refractivity contribution in [1.29, 1.82) is 0 Å². The molecule has 3 aromatic rings. The van der Waals surface area contributed by atoms with Crippen molar-refractivity contribution in [1.82, 2.24) is 4.98 Å². The third kappa shape index (κ3) is 3.32. The van der Waals surface area contributed by atoms with Gasteiger partial charge in [0.05, 0.1) is 12.8 Å². The van der Waals surface area contributed by atoms with Crippen molar-refractivity contribution >= 4 is 58.0 Å². The van der Waals surface area contributed by atoms with Gasteiger partial charge in [0, 0.05) is 15.5 Å². The minimum atomic E-state index is -0.418. The number of benzene rings is 2. The number of hydrogen-bond donors (Lipinski definition) is 0. The third-order valence-electron chi connectivity index (χ3n) is 4.47. The topological polar surface area (TPSA) is 22.1 Å². The molecule has 0 amide bonds. The average molecular weight is 402 g/mol. The number of aromatic nitrogens is 1. The molecule has 2 aromatic carbocycles. The fraction of sp³-hybridized carbons (Fsp3) is 0.190. The van der Waals surface area contributed by atoms with E-state index >= 15 is 0 Å². The molecule has 0 bridgehead atoms.